The predicted octanol–water partition coefficient (Wildman–Crippen LogP) is 2.02. The summed E-state index contributed by atoms with van der Waals surface area (Å²) in [7, 11) is 0. The lowest BCUT2D eigenvalue weighted by molar-refractivity contribution is -0.122. The van der Waals surface area contributed by atoms with Crippen LogP contribution in [0.2, 0.25) is 0 Å². The van der Waals surface area contributed by atoms with Crippen LogP contribution in [0.15, 0.2) is 59.5 Å². The average molecular weight is 361 g/mol. The molecule has 27 heavy (non-hydrogen) atoms. The number of amides is 1. The molecule has 1 unspecified atom stereocenters. The van der Waals surface area contributed by atoms with Crippen LogP contribution in [-0.2, 0) is 17.8 Å². The van der Waals surface area contributed by atoms with Crippen LogP contribution >= 0.6 is 0 Å². The van der Waals surface area contributed by atoms with E-state index in [1.165, 1.54) is 0 Å². The van der Waals surface area contributed by atoms with Gasteiger partial charge in [0.1, 0.15) is 12.1 Å². The molecular weight excluding hydrogens is 342 g/mol. The summed E-state index contributed by atoms with van der Waals surface area (Å²) in [6.45, 7) is 1.78. The Bertz CT molecular complexity index is 1180. The van der Waals surface area contributed by atoms with Crippen molar-refractivity contribution in [1.82, 2.24) is 25.3 Å². The molecule has 0 spiro atoms. The summed E-state index contributed by atoms with van der Waals surface area (Å²) in [6, 6.07) is 14.9. The fourth-order valence-corrected chi connectivity index (χ4v) is 3.26. The second-order valence-electron chi connectivity index (χ2n) is 6.60. The number of aromatic nitrogens is 4. The van der Waals surface area contributed by atoms with Gasteiger partial charge >= 0.3 is 0 Å². The third-order valence-electron chi connectivity index (χ3n) is 4.53. The number of nitrogens with zero attached hydrogens (tertiary/aromatic N) is 3. The van der Waals surface area contributed by atoms with Gasteiger partial charge in [0.2, 0.25) is 5.91 Å². The lowest BCUT2D eigenvalue weighted by atomic mass is 10.1. The van der Waals surface area contributed by atoms with E-state index in [4.69, 9.17) is 0 Å². The minimum Gasteiger partial charge on any atom is -0.361 e. The topological polar surface area (TPSA) is 92.7 Å². The van der Waals surface area contributed by atoms with E-state index in [0.717, 1.165) is 21.1 Å². The van der Waals surface area contributed by atoms with E-state index in [1.54, 1.807) is 24.3 Å². The largest absolute Gasteiger partial charge is 0.361 e. The first-order valence-electron chi connectivity index (χ1n) is 8.79. The molecule has 136 valence electrons. The fraction of sp³-hybridized carbons (Fsp3) is 0.200. The van der Waals surface area contributed by atoms with Crippen LogP contribution in [0.1, 0.15) is 12.5 Å². The number of hydrogen-bond donors (Lipinski definition) is 2. The zero-order valence-corrected chi connectivity index (χ0v) is 14.8. The summed E-state index contributed by atoms with van der Waals surface area (Å²) in [5.74, 6) is -0.269. The lowest BCUT2D eigenvalue weighted by Gasteiger charge is -2.14. The molecule has 1 amide bonds. The Hall–Kier alpha value is -3.48. The van der Waals surface area contributed by atoms with Crippen LogP contribution in [0.5, 0.6) is 0 Å². The summed E-state index contributed by atoms with van der Waals surface area (Å²) in [5, 5.41) is 12.4. The van der Waals surface area contributed by atoms with Crippen molar-refractivity contribution in [2.24, 2.45) is 0 Å². The number of carbonyl (C=O) groups is 1. The smallest absolute Gasteiger partial charge is 0.278 e. The maximum absolute atomic E-state index is 12.4. The van der Waals surface area contributed by atoms with Gasteiger partial charge in [0, 0.05) is 23.1 Å². The van der Waals surface area contributed by atoms with Crippen LogP contribution in [0.4, 0.5) is 0 Å². The van der Waals surface area contributed by atoms with E-state index < -0.39 is 0 Å². The van der Waals surface area contributed by atoms with E-state index in [1.807, 2.05) is 31.3 Å². The SMILES string of the molecule is CC(Cc1c[nH]c2ccccc12)NC(=O)Cn1nnc2ccccc2c1=O. The number of carbonyl (C=O) groups excluding carboxylic acids is 1. The highest BCUT2D eigenvalue weighted by Crippen LogP contribution is 2.18. The van der Waals surface area contributed by atoms with Crippen molar-refractivity contribution in [3.8, 4) is 0 Å². The number of rotatable bonds is 5. The highest BCUT2D eigenvalue weighted by molar-refractivity contribution is 5.83. The number of aromatic amines is 1. The van der Waals surface area contributed by atoms with Gasteiger partial charge in [0.15, 0.2) is 0 Å². The molecule has 0 aliphatic heterocycles. The Morgan fingerprint density at radius 2 is 1.89 bits per heavy atom. The molecule has 0 aliphatic carbocycles. The van der Waals surface area contributed by atoms with E-state index in [9.17, 15) is 9.59 Å². The predicted molar refractivity (Wildman–Crippen MR) is 103 cm³/mol. The summed E-state index contributed by atoms with van der Waals surface area (Å²) < 4.78 is 1.09. The van der Waals surface area contributed by atoms with Gasteiger partial charge < -0.3 is 10.3 Å². The minimum atomic E-state index is -0.319. The lowest BCUT2D eigenvalue weighted by Crippen LogP contribution is -2.39. The standard InChI is InChI=1S/C20H19N5O2/c1-13(10-14-11-21-17-8-4-2-6-15(14)17)22-19(26)12-25-20(27)16-7-3-5-9-18(16)23-24-25/h2-9,11,13,21H,10,12H2,1H3,(H,22,26). The number of H-pyrrole nitrogens is 1. The van der Waals surface area contributed by atoms with Gasteiger partial charge in [-0.3, -0.25) is 9.59 Å². The Balaban J connectivity index is 1.45. The summed E-state index contributed by atoms with van der Waals surface area (Å²) in [4.78, 5) is 28.0. The Labute approximate surface area is 155 Å². The molecule has 7 nitrogen and oxygen atoms in total. The van der Waals surface area contributed by atoms with Crippen LogP contribution in [-0.4, -0.2) is 31.9 Å². The third kappa shape index (κ3) is 3.44. The van der Waals surface area contributed by atoms with Crippen molar-refractivity contribution in [3.63, 3.8) is 0 Å². The molecule has 0 aliphatic rings. The number of nitrogens with one attached hydrogen (secondary N) is 2. The van der Waals surface area contributed by atoms with Crippen LogP contribution in [0.3, 0.4) is 0 Å². The van der Waals surface area contributed by atoms with Crippen molar-refractivity contribution in [3.05, 3.63) is 70.6 Å². The third-order valence-corrected chi connectivity index (χ3v) is 4.53. The molecule has 0 bridgehead atoms. The molecule has 2 aromatic heterocycles. The molecule has 2 N–H and O–H groups in total. The molecule has 4 aromatic rings. The first kappa shape index (κ1) is 17.0. The molecule has 0 saturated heterocycles. The van der Waals surface area contributed by atoms with E-state index in [-0.39, 0.29) is 24.1 Å². The van der Waals surface area contributed by atoms with Crippen LogP contribution in [0.25, 0.3) is 21.8 Å². The zero-order valence-electron chi connectivity index (χ0n) is 14.8. The van der Waals surface area contributed by atoms with Crippen molar-refractivity contribution in [2.45, 2.75) is 25.9 Å². The van der Waals surface area contributed by atoms with E-state index in [0.29, 0.717) is 17.3 Å². The number of fused-ring (bicyclic) bond motifs is 2. The second kappa shape index (κ2) is 7.03. The van der Waals surface area contributed by atoms with Crippen LogP contribution in [0, 0.1) is 0 Å². The second-order valence-corrected chi connectivity index (χ2v) is 6.60. The minimum absolute atomic E-state index is 0.0826. The Morgan fingerprint density at radius 3 is 2.74 bits per heavy atom. The van der Waals surface area contributed by atoms with Gasteiger partial charge in [0.25, 0.3) is 5.56 Å². The summed E-state index contributed by atoms with van der Waals surface area (Å²) >= 11 is 0. The van der Waals surface area contributed by atoms with Gasteiger partial charge in [0.05, 0.1) is 5.39 Å². The van der Waals surface area contributed by atoms with Crippen LogP contribution < -0.4 is 10.9 Å². The molecule has 0 fully saturated rings. The molecule has 4 rings (SSSR count). The van der Waals surface area contributed by atoms with Crippen molar-refractivity contribution >= 4 is 27.7 Å². The first-order valence-corrected chi connectivity index (χ1v) is 8.79. The van der Waals surface area contributed by atoms with E-state index >= 15 is 0 Å². The van der Waals surface area contributed by atoms with Gasteiger partial charge in [-0.15, -0.1) is 5.10 Å². The monoisotopic (exact) mass is 361 g/mol. The molecular formula is C20H19N5O2. The zero-order chi connectivity index (χ0) is 18.8. The van der Waals surface area contributed by atoms with Crippen molar-refractivity contribution in [1.29, 1.82) is 0 Å². The summed E-state index contributed by atoms with van der Waals surface area (Å²) in [6.07, 6.45) is 2.65. The quantitative estimate of drug-likeness (QED) is 0.569. The first-order chi connectivity index (χ1) is 13.1. The maximum atomic E-state index is 12.4. The van der Waals surface area contributed by atoms with Gasteiger partial charge in [-0.05, 0) is 37.1 Å². The maximum Gasteiger partial charge on any atom is 0.278 e. The highest BCUT2D eigenvalue weighted by atomic mass is 16.2. The Kier molecular flexibility index (Phi) is 4.42. The van der Waals surface area contributed by atoms with Crippen molar-refractivity contribution in [2.75, 3.05) is 0 Å². The van der Waals surface area contributed by atoms with Gasteiger partial charge in [-0.1, -0.05) is 35.5 Å². The molecule has 1 atom stereocenters. The van der Waals surface area contributed by atoms with Crippen molar-refractivity contribution < 1.29 is 4.79 Å². The van der Waals surface area contributed by atoms with Gasteiger partial charge in [-0.25, -0.2) is 4.68 Å². The molecule has 7 heteroatoms. The molecule has 0 radical (unpaired) electrons. The number of benzene rings is 2. The molecule has 2 aromatic carbocycles. The van der Waals surface area contributed by atoms with Gasteiger partial charge in [-0.2, -0.15) is 0 Å². The number of hydrogen-bond acceptors (Lipinski definition) is 4. The molecule has 0 saturated carbocycles. The Morgan fingerprint density at radius 1 is 1.15 bits per heavy atom. The number of para-hydroxylation sites is 1. The normalized spacial score (nSPS) is 12.3. The van der Waals surface area contributed by atoms with E-state index in [2.05, 4.69) is 26.7 Å². The molecule has 2 heterocycles. The summed E-state index contributed by atoms with van der Waals surface area (Å²) in [5.41, 5.74) is 2.41. The average Bonchev–Trinajstić information content (AvgIpc) is 3.07. The fourth-order valence-electron chi connectivity index (χ4n) is 3.26. The highest BCUT2D eigenvalue weighted by Gasteiger charge is 2.13.